The number of nitrogens with zero attached hydrogens (tertiary/aromatic N) is 2. The van der Waals surface area contributed by atoms with E-state index in [0.717, 1.165) is 12.8 Å². The maximum absolute atomic E-state index is 2.45. The van der Waals surface area contributed by atoms with E-state index in [2.05, 4.69) is 191 Å². The molecule has 50 heavy (non-hydrogen) atoms. The van der Waals surface area contributed by atoms with Crippen LogP contribution in [-0.4, -0.2) is 9.13 Å². The lowest BCUT2D eigenvalue weighted by Crippen LogP contribution is -2.00. The van der Waals surface area contributed by atoms with Crippen molar-refractivity contribution in [1.29, 1.82) is 0 Å². The predicted molar refractivity (Wildman–Crippen MR) is 211 cm³/mol. The molecule has 2 aromatic heterocycles. The van der Waals surface area contributed by atoms with E-state index in [-0.39, 0.29) is 0 Å². The summed E-state index contributed by atoms with van der Waals surface area (Å²) in [4.78, 5) is 0. The van der Waals surface area contributed by atoms with Gasteiger partial charge in [0.25, 0.3) is 0 Å². The fourth-order valence-corrected chi connectivity index (χ4v) is 8.01. The summed E-state index contributed by atoms with van der Waals surface area (Å²) in [6, 6.07) is 62.0. The smallest absolute Gasteiger partial charge is 0.0541 e. The molecule has 0 aliphatic heterocycles. The van der Waals surface area contributed by atoms with Crippen LogP contribution in [0.15, 0.2) is 176 Å². The molecule has 0 fully saturated rings. The monoisotopic (exact) mass is 638 g/mol. The van der Waals surface area contributed by atoms with Gasteiger partial charge in [0.05, 0.1) is 16.6 Å². The number of rotatable bonds is 5. The average Bonchev–Trinajstić information content (AvgIpc) is 3.71. The van der Waals surface area contributed by atoms with Crippen LogP contribution in [0.25, 0.3) is 83.5 Å². The third-order valence-electron chi connectivity index (χ3n) is 10.4. The average molecular weight is 639 g/mol. The molecule has 0 N–H and O–H groups in total. The number of hydrogen-bond donors (Lipinski definition) is 0. The second-order valence-electron chi connectivity index (χ2n) is 13.3. The molecule has 0 atom stereocenters. The highest BCUT2D eigenvalue weighted by atomic mass is 15.0. The van der Waals surface area contributed by atoms with E-state index in [1.54, 1.807) is 0 Å². The van der Waals surface area contributed by atoms with Crippen LogP contribution in [0.4, 0.5) is 0 Å². The Morgan fingerprint density at radius 3 is 1.66 bits per heavy atom. The summed E-state index contributed by atoms with van der Waals surface area (Å²) >= 11 is 0. The number of aryl methyl sites for hydroxylation is 1. The Labute approximate surface area is 291 Å². The topological polar surface area (TPSA) is 9.86 Å². The van der Waals surface area contributed by atoms with Gasteiger partial charge in [-0.05, 0) is 119 Å². The first-order valence-corrected chi connectivity index (χ1v) is 17.5. The Morgan fingerprint density at radius 1 is 0.360 bits per heavy atom. The van der Waals surface area contributed by atoms with Gasteiger partial charge < -0.3 is 9.13 Å². The molecule has 1 aliphatic rings. The molecule has 2 nitrogen and oxygen atoms in total. The summed E-state index contributed by atoms with van der Waals surface area (Å²) in [5, 5.41) is 3.89. The molecule has 0 spiro atoms. The quantitative estimate of drug-likeness (QED) is 0.178. The fraction of sp³-hybridized carbons (Fsp3) is 0.0417. The van der Waals surface area contributed by atoms with Gasteiger partial charge in [0.15, 0.2) is 0 Å². The molecule has 2 heteroatoms. The van der Waals surface area contributed by atoms with Crippen molar-refractivity contribution >= 4 is 38.8 Å². The number of para-hydroxylation sites is 2. The minimum atomic E-state index is 1.05. The normalized spacial score (nSPS) is 12.6. The van der Waals surface area contributed by atoms with Crippen molar-refractivity contribution in [2.45, 2.75) is 12.8 Å². The SMILES string of the molecule is C1=Cc2c(c3cc(-c4ccc5c(c4)c4ccccc4n5-c4ccccc4)ccc3n2-c2ccc(-c3cccc(-c4ccccc4)c3)cc2)CC1. The molecule has 9 aromatic rings. The minimum Gasteiger partial charge on any atom is -0.310 e. The second-order valence-corrected chi connectivity index (χ2v) is 13.3. The molecule has 0 unspecified atom stereocenters. The number of fused-ring (bicyclic) bond motifs is 6. The van der Waals surface area contributed by atoms with E-state index in [1.165, 1.54) is 88.7 Å². The molecule has 236 valence electrons. The van der Waals surface area contributed by atoms with E-state index in [4.69, 9.17) is 0 Å². The maximum atomic E-state index is 2.45. The van der Waals surface area contributed by atoms with Gasteiger partial charge in [-0.15, -0.1) is 0 Å². The van der Waals surface area contributed by atoms with Crippen molar-refractivity contribution in [2.75, 3.05) is 0 Å². The van der Waals surface area contributed by atoms with Crippen LogP contribution >= 0.6 is 0 Å². The van der Waals surface area contributed by atoms with Crippen LogP contribution in [-0.2, 0) is 6.42 Å². The first kappa shape index (κ1) is 28.6. The third kappa shape index (κ3) is 4.64. The highest BCUT2D eigenvalue weighted by Crippen LogP contribution is 2.39. The highest BCUT2D eigenvalue weighted by Gasteiger charge is 2.20. The van der Waals surface area contributed by atoms with Crippen LogP contribution in [0.1, 0.15) is 17.7 Å². The Morgan fingerprint density at radius 2 is 0.900 bits per heavy atom. The summed E-state index contributed by atoms with van der Waals surface area (Å²) in [5.41, 5.74) is 16.2. The molecular formula is C48H34N2. The second kappa shape index (κ2) is 11.6. The Kier molecular flexibility index (Phi) is 6.67. The zero-order chi connectivity index (χ0) is 33.0. The molecule has 0 saturated heterocycles. The third-order valence-corrected chi connectivity index (χ3v) is 10.4. The molecule has 0 amide bonds. The van der Waals surface area contributed by atoms with Crippen molar-refractivity contribution in [3.05, 3.63) is 187 Å². The van der Waals surface area contributed by atoms with Crippen molar-refractivity contribution < 1.29 is 0 Å². The molecular weight excluding hydrogens is 605 g/mol. The van der Waals surface area contributed by atoms with E-state index in [0.29, 0.717) is 0 Å². The summed E-state index contributed by atoms with van der Waals surface area (Å²) in [6.45, 7) is 0. The summed E-state index contributed by atoms with van der Waals surface area (Å²) in [5.74, 6) is 0. The zero-order valence-electron chi connectivity index (χ0n) is 27.6. The summed E-state index contributed by atoms with van der Waals surface area (Å²) < 4.78 is 4.83. The molecule has 0 bridgehead atoms. The first-order chi connectivity index (χ1) is 24.8. The van der Waals surface area contributed by atoms with Gasteiger partial charge in [-0.25, -0.2) is 0 Å². The predicted octanol–water partition coefficient (Wildman–Crippen LogP) is 12.7. The standard InChI is InChI=1S/C48H34N2/c1-3-12-33(13-4-1)35-14-11-15-36(30-35)34-22-26-40(27-23-34)50-46-21-10-8-19-42(46)44-32-38(25-29-48(44)50)37-24-28-47-43(31-37)41-18-7-9-20-45(41)49(47)39-16-5-2-6-17-39/h1-7,9-18,20-32H,8,19H2. The number of hydrogen-bond acceptors (Lipinski definition) is 0. The fourth-order valence-electron chi connectivity index (χ4n) is 8.01. The van der Waals surface area contributed by atoms with E-state index >= 15 is 0 Å². The first-order valence-electron chi connectivity index (χ1n) is 17.5. The number of allylic oxidation sites excluding steroid dienone is 1. The van der Waals surface area contributed by atoms with Gasteiger partial charge in [0.1, 0.15) is 0 Å². The summed E-state index contributed by atoms with van der Waals surface area (Å²) in [6.07, 6.45) is 6.75. The number of aromatic nitrogens is 2. The molecule has 1 aliphatic carbocycles. The van der Waals surface area contributed by atoms with Gasteiger partial charge in [-0.2, -0.15) is 0 Å². The number of benzene rings is 7. The lowest BCUT2D eigenvalue weighted by atomic mass is 9.97. The van der Waals surface area contributed by atoms with Gasteiger partial charge >= 0.3 is 0 Å². The zero-order valence-corrected chi connectivity index (χ0v) is 27.6. The lowest BCUT2D eigenvalue weighted by molar-refractivity contribution is 0.967. The van der Waals surface area contributed by atoms with Crippen molar-refractivity contribution in [1.82, 2.24) is 9.13 Å². The Bertz CT molecular complexity index is 2730. The summed E-state index contributed by atoms with van der Waals surface area (Å²) in [7, 11) is 0. The Balaban J connectivity index is 1.06. The van der Waals surface area contributed by atoms with Crippen LogP contribution in [0.2, 0.25) is 0 Å². The largest absolute Gasteiger partial charge is 0.310 e. The van der Waals surface area contributed by atoms with Crippen molar-refractivity contribution in [2.24, 2.45) is 0 Å². The van der Waals surface area contributed by atoms with E-state index in [9.17, 15) is 0 Å². The molecule has 0 radical (unpaired) electrons. The van der Waals surface area contributed by atoms with Crippen LogP contribution in [0.3, 0.4) is 0 Å². The molecule has 2 heterocycles. The highest BCUT2D eigenvalue weighted by molar-refractivity contribution is 6.10. The van der Waals surface area contributed by atoms with Gasteiger partial charge in [0.2, 0.25) is 0 Å². The van der Waals surface area contributed by atoms with Crippen LogP contribution < -0.4 is 0 Å². The molecule has 7 aromatic carbocycles. The van der Waals surface area contributed by atoms with Gasteiger partial charge in [0, 0.05) is 33.2 Å². The maximum Gasteiger partial charge on any atom is 0.0541 e. The van der Waals surface area contributed by atoms with Gasteiger partial charge in [-0.3, -0.25) is 0 Å². The molecule has 10 rings (SSSR count). The Hall–Kier alpha value is -6.38. The van der Waals surface area contributed by atoms with E-state index < -0.39 is 0 Å². The van der Waals surface area contributed by atoms with Gasteiger partial charge in [-0.1, -0.05) is 115 Å². The minimum absolute atomic E-state index is 1.05. The van der Waals surface area contributed by atoms with Crippen molar-refractivity contribution in [3.63, 3.8) is 0 Å². The molecule has 0 saturated carbocycles. The lowest BCUT2D eigenvalue weighted by Gasteiger charge is -2.13. The van der Waals surface area contributed by atoms with E-state index in [1.807, 2.05) is 0 Å². The van der Waals surface area contributed by atoms with Crippen LogP contribution in [0.5, 0.6) is 0 Å². The van der Waals surface area contributed by atoms with Crippen molar-refractivity contribution in [3.8, 4) is 44.8 Å². The van der Waals surface area contributed by atoms with Crippen LogP contribution in [0, 0.1) is 0 Å².